The maximum absolute atomic E-state index is 12.6. The molecule has 2 N–H and O–H groups in total. The van der Waals surface area contributed by atoms with Gasteiger partial charge in [-0.2, -0.15) is 0 Å². The highest BCUT2D eigenvalue weighted by molar-refractivity contribution is 7.92. The van der Waals surface area contributed by atoms with Gasteiger partial charge in [0.2, 0.25) is 0 Å². The van der Waals surface area contributed by atoms with E-state index in [-0.39, 0.29) is 16.6 Å². The van der Waals surface area contributed by atoms with Crippen LogP contribution in [-0.4, -0.2) is 28.7 Å². The number of aromatic hydroxyl groups is 1. The molecule has 3 aromatic carbocycles. The van der Waals surface area contributed by atoms with Gasteiger partial charge in [0, 0.05) is 10.9 Å². The normalized spacial score (nSPS) is 11.8. The van der Waals surface area contributed by atoms with Crippen molar-refractivity contribution in [2.24, 2.45) is 0 Å². The number of aryl methyl sites for hydroxylation is 2. The average molecular weight is 433 g/mol. The summed E-state index contributed by atoms with van der Waals surface area (Å²) in [4.78, 5) is 4.39. The van der Waals surface area contributed by atoms with Gasteiger partial charge in [-0.05, 0) is 43.5 Å². The van der Waals surface area contributed by atoms with Crippen molar-refractivity contribution >= 4 is 38.9 Å². The number of hydrogen-bond donors (Lipinski definition) is 2. The number of aromatic nitrogens is 3. The fourth-order valence-corrected chi connectivity index (χ4v) is 4.00. The van der Waals surface area contributed by atoms with Crippen molar-refractivity contribution in [1.82, 2.24) is 15.2 Å². The second kappa shape index (κ2) is 8.16. The molecule has 0 amide bonds. The summed E-state index contributed by atoms with van der Waals surface area (Å²) in [5.74, 6) is 0.0304. The topological polar surface area (TPSA) is 105 Å². The van der Waals surface area contributed by atoms with E-state index in [1.54, 1.807) is 37.3 Å². The first-order chi connectivity index (χ1) is 14.8. The maximum Gasteiger partial charge on any atom is 0.264 e. The molecule has 0 fully saturated rings. The van der Waals surface area contributed by atoms with E-state index in [0.29, 0.717) is 17.0 Å². The van der Waals surface area contributed by atoms with Crippen molar-refractivity contribution in [3.63, 3.8) is 0 Å². The van der Waals surface area contributed by atoms with Gasteiger partial charge in [0.05, 0.1) is 16.3 Å². The Morgan fingerprint density at radius 2 is 1.65 bits per heavy atom. The van der Waals surface area contributed by atoms with Crippen LogP contribution in [0.5, 0.6) is 5.75 Å². The van der Waals surface area contributed by atoms with E-state index in [2.05, 4.69) is 19.9 Å². The van der Waals surface area contributed by atoms with Crippen LogP contribution in [0.4, 0.5) is 5.95 Å². The number of benzene rings is 3. The van der Waals surface area contributed by atoms with E-state index in [0.717, 1.165) is 16.3 Å². The number of phenolic OH excluding ortho intramolecular Hbond substituents is 1. The van der Waals surface area contributed by atoms with Crippen molar-refractivity contribution in [2.75, 3.05) is 4.72 Å². The van der Waals surface area contributed by atoms with Gasteiger partial charge in [-0.25, -0.2) is 18.1 Å². The molecule has 0 radical (unpaired) electrons. The summed E-state index contributed by atoms with van der Waals surface area (Å²) >= 11 is 0. The molecule has 1 aromatic heterocycles. The second-order valence-corrected chi connectivity index (χ2v) is 8.76. The zero-order valence-corrected chi connectivity index (χ0v) is 17.8. The second-order valence-electron chi connectivity index (χ2n) is 7.08. The van der Waals surface area contributed by atoms with Crippen molar-refractivity contribution < 1.29 is 13.5 Å². The highest BCUT2D eigenvalue weighted by Crippen LogP contribution is 2.29. The lowest BCUT2D eigenvalue weighted by Crippen LogP contribution is -2.16. The van der Waals surface area contributed by atoms with Crippen LogP contribution in [0.3, 0.4) is 0 Å². The van der Waals surface area contributed by atoms with Crippen molar-refractivity contribution in [1.29, 1.82) is 0 Å². The Morgan fingerprint density at radius 3 is 2.42 bits per heavy atom. The Bertz CT molecular complexity index is 1400. The predicted octanol–water partition coefficient (Wildman–Crippen LogP) is 4.32. The Balaban J connectivity index is 1.63. The predicted molar refractivity (Wildman–Crippen MR) is 121 cm³/mol. The Labute approximate surface area is 180 Å². The van der Waals surface area contributed by atoms with Crippen LogP contribution in [0.15, 0.2) is 65.6 Å². The minimum Gasteiger partial charge on any atom is -0.507 e. The summed E-state index contributed by atoms with van der Waals surface area (Å²) in [5, 5.41) is 20.1. The van der Waals surface area contributed by atoms with Crippen LogP contribution in [0, 0.1) is 13.8 Å². The molecule has 156 valence electrons. The average Bonchev–Trinajstić information content (AvgIpc) is 2.75. The third-order valence-electron chi connectivity index (χ3n) is 4.80. The molecule has 0 spiro atoms. The quantitative estimate of drug-likeness (QED) is 0.487. The zero-order chi connectivity index (χ0) is 22.0. The Kier molecular flexibility index (Phi) is 5.39. The summed E-state index contributed by atoms with van der Waals surface area (Å²) in [6.45, 7) is 3.60. The number of sulfonamides is 1. The first-order valence-electron chi connectivity index (χ1n) is 9.53. The van der Waals surface area contributed by atoms with Crippen LogP contribution in [0.25, 0.3) is 22.9 Å². The first-order valence-corrected chi connectivity index (χ1v) is 11.0. The highest BCUT2D eigenvalue weighted by atomic mass is 32.2. The fraction of sp³-hybridized carbons (Fsp3) is 0.0870. The molecule has 0 bridgehead atoms. The molecule has 0 aliphatic rings. The Hall–Kier alpha value is -3.78. The monoisotopic (exact) mass is 432 g/mol. The lowest BCUT2D eigenvalue weighted by Gasteiger charge is -2.08. The molecular formula is C23H20N4O3S. The molecule has 0 saturated heterocycles. The molecule has 0 aliphatic carbocycles. The summed E-state index contributed by atoms with van der Waals surface area (Å²) in [6, 6.07) is 17.7. The molecular weight excluding hydrogens is 412 g/mol. The number of fused-ring (bicyclic) bond motifs is 1. The van der Waals surface area contributed by atoms with Crippen LogP contribution in [-0.2, 0) is 10.0 Å². The van der Waals surface area contributed by atoms with Gasteiger partial charge in [-0.15, -0.1) is 10.2 Å². The molecule has 1 heterocycles. The van der Waals surface area contributed by atoms with Crippen LogP contribution in [0.2, 0.25) is 0 Å². The lowest BCUT2D eigenvalue weighted by atomic mass is 10.0. The standard InChI is InChI=1S/C23H20N4O3S/c1-15-7-12-19(13-8-15)31(29,30)27-23-24-21(16(2)25-26-23)14-11-18-10-9-17-5-3-4-6-20(17)22(18)28/h3-14,28H,1-2H3,(H,24,26,27). The fourth-order valence-electron chi connectivity index (χ4n) is 3.06. The van der Waals surface area contributed by atoms with E-state index in [4.69, 9.17) is 0 Å². The minimum absolute atomic E-state index is 0.112. The number of rotatable bonds is 5. The van der Waals surface area contributed by atoms with E-state index in [1.807, 2.05) is 37.3 Å². The summed E-state index contributed by atoms with van der Waals surface area (Å²) in [6.07, 6.45) is 3.37. The first kappa shape index (κ1) is 20.5. The molecule has 0 aliphatic heterocycles. The third-order valence-corrected chi connectivity index (χ3v) is 6.15. The molecule has 0 saturated carbocycles. The van der Waals surface area contributed by atoms with Crippen LogP contribution >= 0.6 is 0 Å². The molecule has 31 heavy (non-hydrogen) atoms. The van der Waals surface area contributed by atoms with Gasteiger partial charge in [-0.3, -0.25) is 0 Å². The summed E-state index contributed by atoms with van der Waals surface area (Å²) < 4.78 is 27.5. The van der Waals surface area contributed by atoms with E-state index < -0.39 is 10.0 Å². The number of anilines is 1. The van der Waals surface area contributed by atoms with E-state index in [1.165, 1.54) is 12.1 Å². The van der Waals surface area contributed by atoms with Crippen LogP contribution in [0.1, 0.15) is 22.5 Å². The molecule has 8 heteroatoms. The number of nitrogens with zero attached hydrogens (tertiary/aromatic N) is 3. The molecule has 7 nitrogen and oxygen atoms in total. The van der Waals surface area contributed by atoms with Crippen molar-refractivity contribution in [3.05, 3.63) is 83.2 Å². The summed E-state index contributed by atoms with van der Waals surface area (Å²) in [7, 11) is -3.84. The number of nitrogens with one attached hydrogen (secondary N) is 1. The highest BCUT2D eigenvalue weighted by Gasteiger charge is 2.16. The zero-order valence-electron chi connectivity index (χ0n) is 16.9. The van der Waals surface area contributed by atoms with Crippen molar-refractivity contribution in [3.8, 4) is 5.75 Å². The van der Waals surface area contributed by atoms with Gasteiger partial charge < -0.3 is 5.11 Å². The molecule has 4 rings (SSSR count). The number of hydrogen-bond acceptors (Lipinski definition) is 6. The van der Waals surface area contributed by atoms with Gasteiger partial charge in [-0.1, -0.05) is 54.1 Å². The van der Waals surface area contributed by atoms with E-state index in [9.17, 15) is 13.5 Å². The van der Waals surface area contributed by atoms with E-state index >= 15 is 0 Å². The molecule has 0 unspecified atom stereocenters. The molecule has 0 atom stereocenters. The van der Waals surface area contributed by atoms with Gasteiger partial charge >= 0.3 is 0 Å². The Morgan fingerprint density at radius 1 is 0.903 bits per heavy atom. The maximum atomic E-state index is 12.6. The lowest BCUT2D eigenvalue weighted by molar-refractivity contribution is 0.480. The van der Waals surface area contributed by atoms with Gasteiger partial charge in [0.1, 0.15) is 5.75 Å². The van der Waals surface area contributed by atoms with Gasteiger partial charge in [0.25, 0.3) is 16.0 Å². The minimum atomic E-state index is -3.84. The SMILES string of the molecule is Cc1ccc(S(=O)(=O)Nc2nnc(C)c(C=Cc3ccc4ccccc4c3O)n2)cc1. The third kappa shape index (κ3) is 4.39. The van der Waals surface area contributed by atoms with Gasteiger partial charge in [0.15, 0.2) is 0 Å². The van der Waals surface area contributed by atoms with Crippen molar-refractivity contribution in [2.45, 2.75) is 18.7 Å². The smallest absolute Gasteiger partial charge is 0.264 e. The molecule has 4 aromatic rings. The summed E-state index contributed by atoms with van der Waals surface area (Å²) in [5.41, 5.74) is 2.52. The van der Waals surface area contributed by atoms with Crippen LogP contribution < -0.4 is 4.72 Å². The number of phenols is 1. The largest absolute Gasteiger partial charge is 0.507 e.